The molecule has 0 saturated heterocycles. The Labute approximate surface area is 130 Å². The van der Waals surface area contributed by atoms with E-state index in [4.69, 9.17) is 29.0 Å². The number of imidazole rings is 1. The van der Waals surface area contributed by atoms with Crippen molar-refractivity contribution in [1.82, 2.24) is 14.4 Å². The van der Waals surface area contributed by atoms with E-state index in [0.717, 1.165) is 5.56 Å². The fraction of sp³-hybridized carbons (Fsp3) is 0.0769. The van der Waals surface area contributed by atoms with Crippen molar-refractivity contribution >= 4 is 46.2 Å². The van der Waals surface area contributed by atoms with Gasteiger partial charge in [-0.1, -0.05) is 23.2 Å². The number of fused-ring (bicyclic) bond motifs is 1. The van der Waals surface area contributed by atoms with Crippen LogP contribution in [0.5, 0.6) is 0 Å². The second-order valence-electron chi connectivity index (χ2n) is 4.48. The number of aromatic nitrogens is 3. The summed E-state index contributed by atoms with van der Waals surface area (Å²) in [4.78, 5) is 8.60. The Morgan fingerprint density at radius 1 is 1.24 bits per heavy atom. The van der Waals surface area contributed by atoms with Gasteiger partial charge in [0.2, 0.25) is 0 Å². The van der Waals surface area contributed by atoms with Gasteiger partial charge in [0.1, 0.15) is 0 Å². The summed E-state index contributed by atoms with van der Waals surface area (Å²) in [5.74, 6) is 6.45. The summed E-state index contributed by atoms with van der Waals surface area (Å²) < 4.78 is 1.80. The number of rotatable bonds is 3. The zero-order valence-electron chi connectivity index (χ0n) is 11.1. The summed E-state index contributed by atoms with van der Waals surface area (Å²) in [6.07, 6.45) is 5.20. The van der Waals surface area contributed by atoms with Gasteiger partial charge in [-0.25, -0.2) is 15.8 Å². The topological polar surface area (TPSA) is 80.3 Å². The molecule has 2 heterocycles. The van der Waals surface area contributed by atoms with E-state index < -0.39 is 0 Å². The van der Waals surface area contributed by atoms with Crippen molar-refractivity contribution in [2.75, 3.05) is 10.7 Å². The molecule has 2 aromatic heterocycles. The van der Waals surface area contributed by atoms with Crippen LogP contribution in [0.15, 0.2) is 30.7 Å². The fourth-order valence-electron chi connectivity index (χ4n) is 1.95. The molecule has 8 heteroatoms. The number of anilines is 3. The first kappa shape index (κ1) is 13.9. The molecule has 3 rings (SSSR count). The quantitative estimate of drug-likeness (QED) is 0.509. The van der Waals surface area contributed by atoms with Gasteiger partial charge >= 0.3 is 0 Å². The highest BCUT2D eigenvalue weighted by Crippen LogP contribution is 2.31. The molecule has 0 radical (unpaired) electrons. The van der Waals surface area contributed by atoms with Crippen molar-refractivity contribution in [3.05, 3.63) is 46.3 Å². The smallest absolute Gasteiger partial charge is 0.180 e. The number of benzene rings is 1. The Bertz CT molecular complexity index is 814. The molecule has 0 aliphatic carbocycles. The molecule has 1 aromatic carbocycles. The number of hydrogen-bond acceptors (Lipinski definition) is 5. The molecule has 0 spiro atoms. The highest BCUT2D eigenvalue weighted by molar-refractivity contribution is 6.35. The third kappa shape index (κ3) is 2.61. The van der Waals surface area contributed by atoms with Crippen LogP contribution in [-0.2, 0) is 0 Å². The first-order chi connectivity index (χ1) is 10.1. The number of hydrazine groups is 1. The van der Waals surface area contributed by atoms with Crippen molar-refractivity contribution in [2.45, 2.75) is 6.92 Å². The Kier molecular flexibility index (Phi) is 3.59. The Balaban J connectivity index is 2.09. The highest BCUT2D eigenvalue weighted by atomic mass is 35.5. The monoisotopic (exact) mass is 322 g/mol. The number of nitrogen functional groups attached to an aromatic ring is 1. The molecule has 0 saturated carbocycles. The minimum atomic E-state index is 0.498. The van der Waals surface area contributed by atoms with E-state index >= 15 is 0 Å². The average Bonchev–Trinajstić information content (AvgIpc) is 2.93. The lowest BCUT2D eigenvalue weighted by molar-refractivity contribution is 1.11. The van der Waals surface area contributed by atoms with Crippen LogP contribution in [0.25, 0.3) is 5.65 Å². The minimum Gasteiger partial charge on any atom is -0.336 e. The number of hydrogen-bond donors (Lipinski definition) is 3. The summed E-state index contributed by atoms with van der Waals surface area (Å²) in [5, 5.41) is 4.31. The predicted molar refractivity (Wildman–Crippen MR) is 85.3 cm³/mol. The molecule has 0 amide bonds. The largest absolute Gasteiger partial charge is 0.336 e. The summed E-state index contributed by atoms with van der Waals surface area (Å²) in [5.41, 5.74) is 4.72. The van der Waals surface area contributed by atoms with Crippen LogP contribution in [0.3, 0.4) is 0 Å². The molecule has 0 fully saturated rings. The summed E-state index contributed by atoms with van der Waals surface area (Å²) in [6, 6.07) is 3.54. The second kappa shape index (κ2) is 5.40. The van der Waals surface area contributed by atoms with Gasteiger partial charge < -0.3 is 15.1 Å². The summed E-state index contributed by atoms with van der Waals surface area (Å²) in [6.45, 7) is 1.89. The average molecular weight is 323 g/mol. The third-order valence-electron chi connectivity index (χ3n) is 3.02. The maximum Gasteiger partial charge on any atom is 0.180 e. The van der Waals surface area contributed by atoms with Crippen LogP contribution in [0.4, 0.5) is 17.3 Å². The maximum absolute atomic E-state index is 6.23. The molecule has 0 aliphatic rings. The lowest BCUT2D eigenvalue weighted by atomic mass is 10.2. The summed E-state index contributed by atoms with van der Waals surface area (Å²) >= 11 is 12.4. The number of nitrogens with two attached hydrogens (primary N) is 1. The van der Waals surface area contributed by atoms with Crippen LogP contribution in [0.1, 0.15) is 5.56 Å². The first-order valence-electron chi connectivity index (χ1n) is 6.11. The van der Waals surface area contributed by atoms with E-state index in [0.29, 0.717) is 33.0 Å². The molecular weight excluding hydrogens is 311 g/mol. The molecule has 0 unspecified atom stereocenters. The van der Waals surface area contributed by atoms with E-state index in [-0.39, 0.29) is 0 Å². The predicted octanol–water partition coefficient (Wildman–Crippen LogP) is 3.37. The molecule has 108 valence electrons. The summed E-state index contributed by atoms with van der Waals surface area (Å²) in [7, 11) is 0. The van der Waals surface area contributed by atoms with E-state index in [1.165, 1.54) is 0 Å². The Morgan fingerprint density at radius 3 is 2.81 bits per heavy atom. The number of nitrogens with zero attached hydrogens (tertiary/aromatic N) is 3. The second-order valence-corrected chi connectivity index (χ2v) is 5.30. The van der Waals surface area contributed by atoms with Gasteiger partial charge in [-0.2, -0.15) is 0 Å². The SMILES string of the molecule is Cc1cc(Cl)c(Nc2nc(NN)cn3ccnc23)cc1Cl. The van der Waals surface area contributed by atoms with Crippen molar-refractivity contribution < 1.29 is 0 Å². The maximum atomic E-state index is 6.23. The van der Waals surface area contributed by atoms with Crippen molar-refractivity contribution in [2.24, 2.45) is 5.84 Å². The van der Waals surface area contributed by atoms with Crippen molar-refractivity contribution in [3.8, 4) is 0 Å². The van der Waals surface area contributed by atoms with Crippen molar-refractivity contribution in [3.63, 3.8) is 0 Å². The third-order valence-corrected chi connectivity index (χ3v) is 3.74. The van der Waals surface area contributed by atoms with Gasteiger partial charge in [0.15, 0.2) is 17.3 Å². The van der Waals surface area contributed by atoms with Gasteiger partial charge in [0.05, 0.1) is 16.9 Å². The molecule has 3 aromatic rings. The van der Waals surface area contributed by atoms with Crippen LogP contribution < -0.4 is 16.6 Å². The van der Waals surface area contributed by atoms with Gasteiger partial charge in [0.25, 0.3) is 0 Å². The van der Waals surface area contributed by atoms with E-state index in [1.807, 2.05) is 6.92 Å². The molecule has 4 N–H and O–H groups in total. The van der Waals surface area contributed by atoms with Gasteiger partial charge in [0, 0.05) is 17.4 Å². The van der Waals surface area contributed by atoms with Crippen LogP contribution >= 0.6 is 23.2 Å². The number of nitrogens with one attached hydrogen (secondary N) is 2. The van der Waals surface area contributed by atoms with E-state index in [9.17, 15) is 0 Å². The zero-order chi connectivity index (χ0) is 15.0. The van der Waals surface area contributed by atoms with Crippen molar-refractivity contribution in [1.29, 1.82) is 0 Å². The van der Waals surface area contributed by atoms with Gasteiger partial charge in [-0.15, -0.1) is 0 Å². The standard InChI is InChI=1S/C13H12Cl2N6/c1-7-4-9(15)10(5-8(7)14)18-12-13-17-2-3-21(13)6-11(19-12)20-16/h2-6,20H,16H2,1H3,(H,18,19). The Hall–Kier alpha value is -2.02. The van der Waals surface area contributed by atoms with E-state index in [2.05, 4.69) is 20.7 Å². The molecule has 0 aliphatic heterocycles. The minimum absolute atomic E-state index is 0.498. The van der Waals surface area contributed by atoms with Gasteiger partial charge in [-0.05, 0) is 24.6 Å². The lowest BCUT2D eigenvalue weighted by Gasteiger charge is -2.12. The Morgan fingerprint density at radius 2 is 2.05 bits per heavy atom. The van der Waals surface area contributed by atoms with Crippen LogP contribution in [0, 0.1) is 6.92 Å². The lowest BCUT2D eigenvalue weighted by Crippen LogP contribution is -2.11. The van der Waals surface area contributed by atoms with E-state index in [1.54, 1.807) is 35.1 Å². The van der Waals surface area contributed by atoms with Crippen LogP contribution in [0.2, 0.25) is 10.0 Å². The zero-order valence-corrected chi connectivity index (χ0v) is 12.6. The molecule has 0 bridgehead atoms. The molecular formula is C13H12Cl2N6. The van der Waals surface area contributed by atoms with Crippen LogP contribution in [-0.4, -0.2) is 14.4 Å². The highest BCUT2D eigenvalue weighted by Gasteiger charge is 2.11. The number of halogens is 2. The molecule has 21 heavy (non-hydrogen) atoms. The fourth-order valence-corrected chi connectivity index (χ4v) is 2.38. The first-order valence-corrected chi connectivity index (χ1v) is 6.87. The molecule has 6 nitrogen and oxygen atoms in total. The normalized spacial score (nSPS) is 10.9. The number of aryl methyl sites for hydroxylation is 1. The van der Waals surface area contributed by atoms with Gasteiger partial charge in [-0.3, -0.25) is 0 Å². The molecule has 0 atom stereocenters.